The molecule has 1 fully saturated rings. The summed E-state index contributed by atoms with van der Waals surface area (Å²) in [5.41, 5.74) is 0. The second-order valence-electron chi connectivity index (χ2n) is 5.31. The summed E-state index contributed by atoms with van der Waals surface area (Å²) in [7, 11) is 0. The average Bonchev–Trinajstić information content (AvgIpc) is 2.44. The van der Waals surface area contributed by atoms with Crippen molar-refractivity contribution in [1.29, 1.82) is 0 Å². The molecule has 0 aromatic carbocycles. The molecular formula is C15H29NO3. The van der Waals surface area contributed by atoms with Gasteiger partial charge in [0.2, 0.25) is 0 Å². The van der Waals surface area contributed by atoms with Crippen LogP contribution in [0.15, 0.2) is 0 Å². The van der Waals surface area contributed by atoms with Crippen LogP contribution in [0.5, 0.6) is 0 Å². The monoisotopic (exact) mass is 271 g/mol. The van der Waals surface area contributed by atoms with E-state index in [4.69, 9.17) is 9.47 Å². The average molecular weight is 271 g/mol. The van der Waals surface area contributed by atoms with Gasteiger partial charge in [0.25, 0.3) is 0 Å². The van der Waals surface area contributed by atoms with E-state index >= 15 is 0 Å². The molecule has 4 nitrogen and oxygen atoms in total. The Kier molecular flexibility index (Phi) is 8.84. The van der Waals surface area contributed by atoms with Crippen molar-refractivity contribution in [1.82, 2.24) is 5.32 Å². The van der Waals surface area contributed by atoms with Gasteiger partial charge in [0.1, 0.15) is 6.61 Å². The van der Waals surface area contributed by atoms with Crippen LogP contribution in [-0.4, -0.2) is 37.9 Å². The molecule has 1 saturated carbocycles. The minimum Gasteiger partial charge on any atom is -0.464 e. The van der Waals surface area contributed by atoms with Crippen LogP contribution in [0.1, 0.15) is 58.8 Å². The number of hydrogen-bond acceptors (Lipinski definition) is 4. The number of nitrogens with one attached hydrogen (secondary N) is 1. The Balaban J connectivity index is 2.04. The van der Waals surface area contributed by atoms with Crippen molar-refractivity contribution in [2.75, 3.05) is 19.8 Å². The van der Waals surface area contributed by atoms with E-state index in [1.54, 1.807) is 0 Å². The molecule has 0 saturated heterocycles. The lowest BCUT2D eigenvalue weighted by Gasteiger charge is -2.28. The molecule has 0 spiro atoms. The maximum absolute atomic E-state index is 11.4. The van der Waals surface area contributed by atoms with Crippen molar-refractivity contribution in [2.24, 2.45) is 0 Å². The topological polar surface area (TPSA) is 47.6 Å². The van der Waals surface area contributed by atoms with Crippen molar-refractivity contribution in [3.05, 3.63) is 0 Å². The molecule has 0 atom stereocenters. The van der Waals surface area contributed by atoms with Gasteiger partial charge in [0, 0.05) is 6.04 Å². The molecular weight excluding hydrogens is 242 g/mol. The number of esters is 1. The third-order valence-electron chi connectivity index (χ3n) is 3.56. The summed E-state index contributed by atoms with van der Waals surface area (Å²) in [6.45, 7) is 6.00. The van der Waals surface area contributed by atoms with E-state index < -0.39 is 0 Å². The highest BCUT2D eigenvalue weighted by atomic mass is 16.6. The summed E-state index contributed by atoms with van der Waals surface area (Å²) in [5.74, 6) is -0.223. The molecule has 0 unspecified atom stereocenters. The van der Waals surface area contributed by atoms with E-state index in [1.165, 1.54) is 6.42 Å². The zero-order chi connectivity index (χ0) is 13.9. The Morgan fingerprint density at radius 2 is 1.89 bits per heavy atom. The maximum Gasteiger partial charge on any atom is 0.332 e. The molecule has 0 amide bonds. The maximum atomic E-state index is 11.4. The minimum atomic E-state index is -0.223. The predicted molar refractivity (Wildman–Crippen MR) is 76.2 cm³/mol. The van der Waals surface area contributed by atoms with E-state index in [1.807, 2.05) is 0 Å². The van der Waals surface area contributed by atoms with Gasteiger partial charge in [0.05, 0.1) is 12.7 Å². The van der Waals surface area contributed by atoms with Crippen LogP contribution in [0.2, 0.25) is 0 Å². The van der Waals surface area contributed by atoms with E-state index in [0.717, 1.165) is 45.1 Å². The fraction of sp³-hybridized carbons (Fsp3) is 0.933. The van der Waals surface area contributed by atoms with E-state index in [2.05, 4.69) is 19.2 Å². The summed E-state index contributed by atoms with van der Waals surface area (Å²) in [6, 6.07) is 0.635. The fourth-order valence-corrected chi connectivity index (χ4v) is 2.34. The zero-order valence-corrected chi connectivity index (χ0v) is 12.5. The third-order valence-corrected chi connectivity index (χ3v) is 3.56. The molecule has 0 aliphatic heterocycles. The summed E-state index contributed by atoms with van der Waals surface area (Å²) in [5, 5.41) is 3.54. The molecule has 0 bridgehead atoms. The highest BCUT2D eigenvalue weighted by molar-refractivity contribution is 5.70. The van der Waals surface area contributed by atoms with Crippen LogP contribution in [0.25, 0.3) is 0 Å². The van der Waals surface area contributed by atoms with Gasteiger partial charge in [-0.15, -0.1) is 0 Å². The number of ether oxygens (including phenoxy) is 2. The largest absolute Gasteiger partial charge is 0.464 e. The molecule has 0 aromatic rings. The smallest absolute Gasteiger partial charge is 0.332 e. The number of hydrogen-bond donors (Lipinski definition) is 1. The highest BCUT2D eigenvalue weighted by Crippen LogP contribution is 2.21. The quantitative estimate of drug-likeness (QED) is 0.517. The van der Waals surface area contributed by atoms with Gasteiger partial charge in [-0.05, 0) is 45.1 Å². The van der Waals surface area contributed by atoms with Crippen LogP contribution >= 0.6 is 0 Å². The second kappa shape index (κ2) is 10.2. The Morgan fingerprint density at radius 1 is 1.16 bits per heavy atom. The Morgan fingerprint density at radius 3 is 2.53 bits per heavy atom. The minimum absolute atomic E-state index is 0.113. The summed E-state index contributed by atoms with van der Waals surface area (Å²) < 4.78 is 10.7. The van der Waals surface area contributed by atoms with Crippen LogP contribution in [-0.2, 0) is 14.3 Å². The number of carbonyl (C=O) groups excluding carboxylic acids is 1. The highest BCUT2D eigenvalue weighted by Gasteiger charge is 2.21. The van der Waals surface area contributed by atoms with Crippen molar-refractivity contribution in [3.8, 4) is 0 Å². The SMILES string of the molecule is CCCCOC(=O)COC1CCC(NCCC)CC1. The van der Waals surface area contributed by atoms with E-state index in [0.29, 0.717) is 12.6 Å². The molecule has 0 heterocycles. The fourth-order valence-electron chi connectivity index (χ4n) is 2.34. The second-order valence-corrected chi connectivity index (χ2v) is 5.31. The molecule has 19 heavy (non-hydrogen) atoms. The Bertz CT molecular complexity index is 238. The molecule has 0 aromatic heterocycles. The van der Waals surface area contributed by atoms with Crippen molar-refractivity contribution >= 4 is 5.97 Å². The third kappa shape index (κ3) is 7.53. The lowest BCUT2D eigenvalue weighted by molar-refractivity contribution is -0.151. The van der Waals surface area contributed by atoms with Crippen LogP contribution in [0, 0.1) is 0 Å². The predicted octanol–water partition coefficient (Wildman–Crippen LogP) is 2.66. The van der Waals surface area contributed by atoms with Crippen LogP contribution in [0.4, 0.5) is 0 Å². The van der Waals surface area contributed by atoms with Crippen LogP contribution in [0.3, 0.4) is 0 Å². The van der Waals surface area contributed by atoms with Gasteiger partial charge >= 0.3 is 5.97 Å². The number of carbonyl (C=O) groups is 1. The first-order valence-corrected chi connectivity index (χ1v) is 7.76. The van der Waals surface area contributed by atoms with Gasteiger partial charge in [-0.3, -0.25) is 0 Å². The van der Waals surface area contributed by atoms with Gasteiger partial charge in [-0.25, -0.2) is 4.79 Å². The normalized spacial score (nSPS) is 23.3. The van der Waals surface area contributed by atoms with Gasteiger partial charge in [-0.2, -0.15) is 0 Å². The summed E-state index contributed by atoms with van der Waals surface area (Å²) >= 11 is 0. The zero-order valence-electron chi connectivity index (χ0n) is 12.5. The standard InChI is InChI=1S/C15H29NO3/c1-3-5-11-18-15(17)12-19-14-8-6-13(7-9-14)16-10-4-2/h13-14,16H,3-12H2,1-2H3. The van der Waals surface area contributed by atoms with E-state index in [9.17, 15) is 4.79 Å². The van der Waals surface area contributed by atoms with Crippen molar-refractivity contribution in [3.63, 3.8) is 0 Å². The van der Waals surface area contributed by atoms with E-state index in [-0.39, 0.29) is 18.7 Å². The summed E-state index contributed by atoms with van der Waals surface area (Å²) in [4.78, 5) is 11.4. The Hall–Kier alpha value is -0.610. The number of unbranched alkanes of at least 4 members (excludes halogenated alkanes) is 1. The first-order chi connectivity index (χ1) is 9.26. The van der Waals surface area contributed by atoms with Crippen molar-refractivity contribution in [2.45, 2.75) is 70.9 Å². The van der Waals surface area contributed by atoms with Gasteiger partial charge < -0.3 is 14.8 Å². The number of rotatable bonds is 9. The van der Waals surface area contributed by atoms with Gasteiger partial charge in [0.15, 0.2) is 0 Å². The summed E-state index contributed by atoms with van der Waals surface area (Å²) in [6.07, 6.45) is 7.78. The first kappa shape index (κ1) is 16.4. The molecule has 4 heteroatoms. The molecule has 112 valence electrons. The lowest BCUT2D eigenvalue weighted by Crippen LogP contribution is -2.36. The molecule has 1 aliphatic carbocycles. The molecule has 1 aliphatic rings. The van der Waals surface area contributed by atoms with Crippen LogP contribution < -0.4 is 5.32 Å². The molecule has 1 rings (SSSR count). The van der Waals surface area contributed by atoms with Crippen molar-refractivity contribution < 1.29 is 14.3 Å². The first-order valence-electron chi connectivity index (χ1n) is 7.76. The lowest BCUT2D eigenvalue weighted by atomic mass is 9.93. The Labute approximate surface area is 117 Å². The van der Waals surface area contributed by atoms with Gasteiger partial charge in [-0.1, -0.05) is 20.3 Å². The molecule has 1 N–H and O–H groups in total. The molecule has 0 radical (unpaired) electrons.